The van der Waals surface area contributed by atoms with Crippen molar-refractivity contribution < 1.29 is 24.5 Å². The van der Waals surface area contributed by atoms with Crippen LogP contribution in [0.25, 0.3) is 0 Å². The van der Waals surface area contributed by atoms with Crippen LogP contribution in [0.2, 0.25) is 0 Å². The molecule has 5 nitrogen and oxygen atoms in total. The van der Waals surface area contributed by atoms with E-state index in [4.69, 9.17) is 5.11 Å². The molecular weight excluding hydrogens is 200 g/mol. The molecule has 0 amide bonds. The first-order valence-electron chi connectivity index (χ1n) is 4.30. The fourth-order valence-corrected chi connectivity index (χ4v) is 1.14. The van der Waals surface area contributed by atoms with Gasteiger partial charge in [-0.2, -0.15) is 0 Å². The summed E-state index contributed by atoms with van der Waals surface area (Å²) in [6.07, 6.45) is 0. The number of benzene rings is 1. The summed E-state index contributed by atoms with van der Waals surface area (Å²) < 4.78 is 4.64. The maximum absolute atomic E-state index is 11.3. The average molecular weight is 210 g/mol. The molecule has 0 aliphatic carbocycles. The van der Waals surface area contributed by atoms with E-state index in [0.29, 0.717) is 0 Å². The Morgan fingerprint density at radius 1 is 1.40 bits per heavy atom. The first-order valence-corrected chi connectivity index (χ1v) is 4.30. The fourth-order valence-electron chi connectivity index (χ4n) is 1.14. The third kappa shape index (κ3) is 2.25. The van der Waals surface area contributed by atoms with Gasteiger partial charge in [-0.3, -0.25) is 0 Å². The van der Waals surface area contributed by atoms with E-state index in [1.165, 1.54) is 18.2 Å². The molecule has 0 radical (unpaired) electrons. The quantitative estimate of drug-likeness (QED) is 0.734. The van der Waals surface area contributed by atoms with Gasteiger partial charge in [0.15, 0.2) is 0 Å². The van der Waals surface area contributed by atoms with Gasteiger partial charge in [-0.1, -0.05) is 6.07 Å². The minimum atomic E-state index is -1.28. The lowest BCUT2D eigenvalue weighted by atomic mass is 10.1. The molecule has 80 valence electrons. The molecule has 0 saturated heterocycles. The summed E-state index contributed by atoms with van der Waals surface area (Å²) in [4.78, 5) is 22.1. The number of esters is 1. The Bertz CT molecular complexity index is 397. The van der Waals surface area contributed by atoms with Crippen molar-refractivity contribution in [2.24, 2.45) is 0 Å². The number of aromatic hydroxyl groups is 1. The lowest BCUT2D eigenvalue weighted by Gasteiger charge is -2.06. The smallest absolute Gasteiger partial charge is 0.342 e. The predicted octanol–water partition coefficient (Wildman–Crippen LogP) is 1.27. The van der Waals surface area contributed by atoms with Crippen molar-refractivity contribution in [1.82, 2.24) is 0 Å². The van der Waals surface area contributed by atoms with Crippen LogP contribution in [0.15, 0.2) is 18.2 Å². The summed E-state index contributed by atoms with van der Waals surface area (Å²) in [5, 5.41) is 18.2. The van der Waals surface area contributed by atoms with Crippen molar-refractivity contribution in [1.29, 1.82) is 0 Å². The van der Waals surface area contributed by atoms with Crippen molar-refractivity contribution in [3.63, 3.8) is 0 Å². The van der Waals surface area contributed by atoms with E-state index in [-0.39, 0.29) is 17.7 Å². The minimum absolute atomic E-state index is 0.117. The summed E-state index contributed by atoms with van der Waals surface area (Å²) in [6.45, 7) is 1.71. The molecule has 1 rings (SSSR count). The molecule has 2 N–H and O–H groups in total. The average Bonchev–Trinajstić information content (AvgIpc) is 2.17. The van der Waals surface area contributed by atoms with E-state index in [2.05, 4.69) is 4.74 Å². The monoisotopic (exact) mass is 210 g/mol. The minimum Gasteiger partial charge on any atom is -0.507 e. The second-order valence-electron chi connectivity index (χ2n) is 2.73. The number of carbonyl (C=O) groups is 2. The van der Waals surface area contributed by atoms with Crippen LogP contribution in [0, 0.1) is 0 Å². The van der Waals surface area contributed by atoms with Crippen LogP contribution in [0.4, 0.5) is 0 Å². The first kappa shape index (κ1) is 11.0. The Morgan fingerprint density at radius 3 is 2.60 bits per heavy atom. The van der Waals surface area contributed by atoms with Crippen LogP contribution in [-0.4, -0.2) is 28.8 Å². The van der Waals surface area contributed by atoms with Crippen molar-refractivity contribution in [3.8, 4) is 5.75 Å². The second-order valence-corrected chi connectivity index (χ2v) is 2.73. The first-order chi connectivity index (χ1) is 7.07. The molecule has 0 aliphatic rings. The molecule has 0 fully saturated rings. The molecule has 0 bridgehead atoms. The molecular formula is C10H10O5. The van der Waals surface area contributed by atoms with Crippen LogP contribution < -0.4 is 0 Å². The van der Waals surface area contributed by atoms with Gasteiger partial charge >= 0.3 is 11.9 Å². The molecule has 0 heterocycles. The second kappa shape index (κ2) is 4.45. The van der Waals surface area contributed by atoms with Gasteiger partial charge in [0.25, 0.3) is 0 Å². The zero-order valence-electron chi connectivity index (χ0n) is 8.06. The number of ether oxygens (including phenoxy) is 1. The molecule has 0 saturated carbocycles. The highest BCUT2D eigenvalue weighted by atomic mass is 16.5. The number of hydrogen-bond donors (Lipinski definition) is 2. The standard InChI is InChI=1S/C10H10O5/c1-2-15-10(14)8-6(9(12)13)4-3-5-7(8)11/h3-5,11H,2H2,1H3,(H,12,13). The molecule has 0 spiro atoms. The van der Waals surface area contributed by atoms with E-state index in [1.54, 1.807) is 6.92 Å². The highest BCUT2D eigenvalue weighted by Crippen LogP contribution is 2.22. The Kier molecular flexibility index (Phi) is 3.28. The van der Waals surface area contributed by atoms with Crippen LogP contribution in [-0.2, 0) is 4.74 Å². The highest BCUT2D eigenvalue weighted by Gasteiger charge is 2.21. The van der Waals surface area contributed by atoms with Gasteiger partial charge in [-0.15, -0.1) is 0 Å². The maximum Gasteiger partial charge on any atom is 0.342 e. The highest BCUT2D eigenvalue weighted by molar-refractivity contribution is 6.04. The normalized spacial score (nSPS) is 9.67. The number of hydrogen-bond acceptors (Lipinski definition) is 4. The SMILES string of the molecule is CCOC(=O)c1c(O)cccc1C(=O)O. The summed E-state index contributed by atoms with van der Waals surface area (Å²) >= 11 is 0. The lowest BCUT2D eigenvalue weighted by molar-refractivity contribution is 0.0511. The number of carboxylic acid groups (broad SMARTS) is 1. The van der Waals surface area contributed by atoms with Crippen LogP contribution in [0.5, 0.6) is 5.75 Å². The molecule has 0 aromatic heterocycles. The number of carbonyl (C=O) groups excluding carboxylic acids is 1. The van der Waals surface area contributed by atoms with E-state index in [1.807, 2.05) is 0 Å². The number of phenolic OH excluding ortho intramolecular Hbond substituents is 1. The Balaban J connectivity index is 3.24. The Morgan fingerprint density at radius 2 is 2.07 bits per heavy atom. The maximum atomic E-state index is 11.3. The van der Waals surface area contributed by atoms with Gasteiger partial charge in [-0.05, 0) is 19.1 Å². The summed E-state index contributed by atoms with van der Waals surface area (Å²) in [6, 6.07) is 3.81. The van der Waals surface area contributed by atoms with Gasteiger partial charge in [0.2, 0.25) is 0 Å². The zero-order chi connectivity index (χ0) is 11.4. The van der Waals surface area contributed by atoms with E-state index < -0.39 is 17.7 Å². The van der Waals surface area contributed by atoms with Gasteiger partial charge in [0.05, 0.1) is 12.2 Å². The predicted molar refractivity (Wildman–Crippen MR) is 51.0 cm³/mol. The molecule has 1 aromatic rings. The van der Waals surface area contributed by atoms with Crippen molar-refractivity contribution >= 4 is 11.9 Å². The van der Waals surface area contributed by atoms with Gasteiger partial charge in [-0.25, -0.2) is 9.59 Å². The molecule has 15 heavy (non-hydrogen) atoms. The van der Waals surface area contributed by atoms with Gasteiger partial charge < -0.3 is 14.9 Å². The molecule has 1 aromatic carbocycles. The number of aromatic carboxylic acids is 1. The van der Waals surface area contributed by atoms with Gasteiger partial charge in [0.1, 0.15) is 11.3 Å². The third-order valence-electron chi connectivity index (χ3n) is 1.75. The summed E-state index contributed by atoms with van der Waals surface area (Å²) in [5.74, 6) is -2.52. The van der Waals surface area contributed by atoms with Crippen molar-refractivity contribution in [2.45, 2.75) is 6.92 Å². The molecule has 0 aliphatic heterocycles. The molecule has 0 unspecified atom stereocenters. The van der Waals surface area contributed by atoms with Crippen LogP contribution in [0.3, 0.4) is 0 Å². The Hall–Kier alpha value is -2.04. The van der Waals surface area contributed by atoms with E-state index in [0.717, 1.165) is 0 Å². The van der Waals surface area contributed by atoms with Crippen molar-refractivity contribution in [2.75, 3.05) is 6.61 Å². The fraction of sp³-hybridized carbons (Fsp3) is 0.200. The third-order valence-corrected chi connectivity index (χ3v) is 1.75. The van der Waals surface area contributed by atoms with Gasteiger partial charge in [0, 0.05) is 0 Å². The summed E-state index contributed by atoms with van der Waals surface area (Å²) in [7, 11) is 0. The number of rotatable bonds is 3. The Labute approximate surface area is 85.9 Å². The zero-order valence-corrected chi connectivity index (χ0v) is 8.06. The lowest BCUT2D eigenvalue weighted by Crippen LogP contribution is -2.11. The number of phenols is 1. The number of carboxylic acids is 1. The van der Waals surface area contributed by atoms with E-state index in [9.17, 15) is 14.7 Å². The molecule has 0 atom stereocenters. The largest absolute Gasteiger partial charge is 0.507 e. The van der Waals surface area contributed by atoms with Crippen molar-refractivity contribution in [3.05, 3.63) is 29.3 Å². The van der Waals surface area contributed by atoms with E-state index >= 15 is 0 Å². The summed E-state index contributed by atoms with van der Waals surface area (Å²) in [5.41, 5.74) is -0.583. The molecule has 5 heteroatoms. The van der Waals surface area contributed by atoms with Crippen LogP contribution >= 0.6 is 0 Å². The van der Waals surface area contributed by atoms with Crippen LogP contribution in [0.1, 0.15) is 27.6 Å². The topological polar surface area (TPSA) is 83.8 Å².